The van der Waals surface area contributed by atoms with Gasteiger partial charge in [-0.15, -0.1) is 11.3 Å². The third kappa shape index (κ3) is 3.64. The Bertz CT molecular complexity index is 841. The number of halogens is 1. The minimum Gasteiger partial charge on any atom is -0.354 e. The van der Waals surface area contributed by atoms with Crippen LogP contribution in [0, 0.1) is 0 Å². The molecule has 0 aliphatic carbocycles. The van der Waals surface area contributed by atoms with Gasteiger partial charge in [0.2, 0.25) is 0 Å². The van der Waals surface area contributed by atoms with E-state index in [4.69, 9.17) is 21.0 Å². The third-order valence-corrected chi connectivity index (χ3v) is 3.98. The largest absolute Gasteiger partial charge is 0.365 e. The summed E-state index contributed by atoms with van der Waals surface area (Å²) in [7, 11) is 0. The van der Waals surface area contributed by atoms with Crippen molar-refractivity contribution in [1.82, 2.24) is 10.1 Å². The Labute approximate surface area is 140 Å². The lowest BCUT2D eigenvalue weighted by atomic mass is 10.2. The maximum absolute atomic E-state index is 11.9. The molecular weight excluding hydrogens is 338 g/mol. The van der Waals surface area contributed by atoms with Gasteiger partial charge in [0.05, 0.1) is 17.5 Å². The summed E-state index contributed by atoms with van der Waals surface area (Å²) in [5.41, 5.74) is 1.45. The van der Waals surface area contributed by atoms with Crippen LogP contribution in [0.4, 0.5) is 0 Å². The van der Waals surface area contributed by atoms with Crippen LogP contribution in [-0.2, 0) is 4.84 Å². The average molecular weight is 348 g/mol. The standard InChI is InChI=1S/C15H10ClN3O3S/c1-9(12-8-23-14(18-12)13-6-7-17-21-13)19-22-15(20)10-2-4-11(16)5-3-10/h2-8H,1H3/b19-9+. The molecule has 6 nitrogen and oxygen atoms in total. The number of nitrogens with zero attached hydrogens (tertiary/aromatic N) is 3. The number of benzene rings is 1. The quantitative estimate of drug-likeness (QED) is 0.404. The highest BCUT2D eigenvalue weighted by atomic mass is 35.5. The first kappa shape index (κ1) is 15.4. The molecule has 0 radical (unpaired) electrons. The Morgan fingerprint density at radius 2 is 2.09 bits per heavy atom. The predicted octanol–water partition coefficient (Wildman–Crippen LogP) is 4.03. The normalized spacial score (nSPS) is 11.5. The van der Waals surface area contributed by atoms with Crippen LogP contribution in [0.1, 0.15) is 23.0 Å². The van der Waals surface area contributed by atoms with E-state index < -0.39 is 5.97 Å². The molecule has 2 heterocycles. The van der Waals surface area contributed by atoms with E-state index in [1.165, 1.54) is 11.3 Å². The van der Waals surface area contributed by atoms with Crippen LogP contribution >= 0.6 is 22.9 Å². The molecular formula is C15H10ClN3O3S. The molecule has 23 heavy (non-hydrogen) atoms. The van der Waals surface area contributed by atoms with E-state index in [0.717, 1.165) is 0 Å². The van der Waals surface area contributed by atoms with Crippen molar-refractivity contribution >= 4 is 34.6 Å². The van der Waals surface area contributed by atoms with Gasteiger partial charge in [-0.25, -0.2) is 9.78 Å². The zero-order chi connectivity index (χ0) is 16.2. The summed E-state index contributed by atoms with van der Waals surface area (Å²) in [6.07, 6.45) is 1.55. The highest BCUT2D eigenvalue weighted by molar-refractivity contribution is 7.13. The fourth-order valence-corrected chi connectivity index (χ4v) is 2.62. The molecule has 0 amide bonds. The molecule has 116 valence electrons. The lowest BCUT2D eigenvalue weighted by Gasteiger charge is -1.99. The summed E-state index contributed by atoms with van der Waals surface area (Å²) in [4.78, 5) is 21.1. The van der Waals surface area contributed by atoms with E-state index >= 15 is 0 Å². The molecule has 0 saturated carbocycles. The minimum atomic E-state index is -0.563. The van der Waals surface area contributed by atoms with Crippen molar-refractivity contribution in [2.24, 2.45) is 5.16 Å². The molecule has 3 aromatic rings. The Kier molecular flexibility index (Phi) is 4.50. The van der Waals surface area contributed by atoms with Crippen LogP contribution in [0.2, 0.25) is 5.02 Å². The van der Waals surface area contributed by atoms with Crippen LogP contribution in [0.5, 0.6) is 0 Å². The Morgan fingerprint density at radius 1 is 1.30 bits per heavy atom. The molecule has 0 spiro atoms. The maximum Gasteiger partial charge on any atom is 0.365 e. The van der Waals surface area contributed by atoms with Crippen molar-refractivity contribution < 1.29 is 14.2 Å². The van der Waals surface area contributed by atoms with E-state index in [9.17, 15) is 4.79 Å². The molecule has 0 saturated heterocycles. The van der Waals surface area contributed by atoms with Crippen molar-refractivity contribution in [2.45, 2.75) is 6.92 Å². The Morgan fingerprint density at radius 3 is 2.78 bits per heavy atom. The second kappa shape index (κ2) is 6.72. The molecule has 0 aliphatic rings. The van der Waals surface area contributed by atoms with E-state index in [2.05, 4.69) is 15.3 Å². The first-order chi connectivity index (χ1) is 11.1. The van der Waals surface area contributed by atoms with Gasteiger partial charge in [0.25, 0.3) is 0 Å². The van der Waals surface area contributed by atoms with Crippen LogP contribution < -0.4 is 0 Å². The molecule has 0 bridgehead atoms. The van der Waals surface area contributed by atoms with Gasteiger partial charge in [-0.3, -0.25) is 0 Å². The lowest BCUT2D eigenvalue weighted by molar-refractivity contribution is 0.0516. The van der Waals surface area contributed by atoms with Crippen LogP contribution in [-0.4, -0.2) is 21.8 Å². The topological polar surface area (TPSA) is 77.6 Å². The number of hydrogen-bond acceptors (Lipinski definition) is 7. The summed E-state index contributed by atoms with van der Waals surface area (Å²) < 4.78 is 5.04. The highest BCUT2D eigenvalue weighted by Crippen LogP contribution is 2.23. The van der Waals surface area contributed by atoms with Gasteiger partial charge in [0, 0.05) is 16.5 Å². The van der Waals surface area contributed by atoms with Gasteiger partial charge in [-0.1, -0.05) is 21.9 Å². The van der Waals surface area contributed by atoms with Crippen molar-refractivity contribution in [2.75, 3.05) is 0 Å². The zero-order valence-electron chi connectivity index (χ0n) is 11.9. The molecule has 8 heteroatoms. The van der Waals surface area contributed by atoms with Crippen molar-refractivity contribution in [3.05, 3.63) is 58.2 Å². The van der Waals surface area contributed by atoms with Crippen molar-refractivity contribution in [3.8, 4) is 10.8 Å². The molecule has 0 fully saturated rings. The molecule has 0 aliphatic heterocycles. The number of hydrogen-bond donors (Lipinski definition) is 0. The number of oxime groups is 1. The minimum absolute atomic E-state index is 0.367. The molecule has 2 aromatic heterocycles. The molecule has 0 N–H and O–H groups in total. The van der Waals surface area contributed by atoms with Crippen molar-refractivity contribution in [1.29, 1.82) is 0 Å². The highest BCUT2D eigenvalue weighted by Gasteiger charge is 2.11. The van der Waals surface area contributed by atoms with E-state index in [0.29, 0.717) is 32.8 Å². The molecule has 0 unspecified atom stereocenters. The fourth-order valence-electron chi connectivity index (χ4n) is 1.67. The number of thiazole rings is 1. The van der Waals surface area contributed by atoms with Crippen LogP contribution in [0.15, 0.2) is 51.6 Å². The fraction of sp³-hybridized carbons (Fsp3) is 0.0667. The van der Waals surface area contributed by atoms with Gasteiger partial charge < -0.3 is 9.36 Å². The van der Waals surface area contributed by atoms with Gasteiger partial charge in [0.1, 0.15) is 5.71 Å². The van der Waals surface area contributed by atoms with Crippen LogP contribution in [0.25, 0.3) is 10.8 Å². The first-order valence-electron chi connectivity index (χ1n) is 6.52. The predicted molar refractivity (Wildman–Crippen MR) is 86.7 cm³/mol. The summed E-state index contributed by atoms with van der Waals surface area (Å²) in [5, 5.41) is 10.5. The third-order valence-electron chi connectivity index (χ3n) is 2.87. The maximum atomic E-state index is 11.9. The Balaban J connectivity index is 1.70. The summed E-state index contributed by atoms with van der Waals surface area (Å²) in [5.74, 6) is 0.0129. The first-order valence-corrected chi connectivity index (χ1v) is 7.78. The second-order valence-corrected chi connectivity index (χ2v) is 5.77. The van der Waals surface area contributed by atoms with Gasteiger partial charge in [-0.05, 0) is 31.2 Å². The van der Waals surface area contributed by atoms with E-state index in [1.54, 1.807) is 48.8 Å². The second-order valence-electron chi connectivity index (χ2n) is 4.48. The summed E-state index contributed by atoms with van der Waals surface area (Å²) in [6, 6.07) is 8.08. The SMILES string of the molecule is C/C(=N\OC(=O)c1ccc(Cl)cc1)c1csc(-c2ccno2)n1. The number of carbonyl (C=O) groups excluding carboxylic acids is 1. The summed E-state index contributed by atoms with van der Waals surface area (Å²) >= 11 is 7.16. The zero-order valence-corrected chi connectivity index (χ0v) is 13.5. The van der Waals surface area contributed by atoms with Gasteiger partial charge in [-0.2, -0.15) is 0 Å². The average Bonchev–Trinajstić information content (AvgIpc) is 3.23. The lowest BCUT2D eigenvalue weighted by Crippen LogP contribution is -2.04. The number of carbonyl (C=O) groups is 1. The van der Waals surface area contributed by atoms with E-state index in [-0.39, 0.29) is 0 Å². The summed E-state index contributed by atoms with van der Waals surface area (Å²) in [6.45, 7) is 1.70. The van der Waals surface area contributed by atoms with Crippen molar-refractivity contribution in [3.63, 3.8) is 0 Å². The smallest absolute Gasteiger partial charge is 0.354 e. The van der Waals surface area contributed by atoms with E-state index in [1.807, 2.05) is 0 Å². The number of rotatable bonds is 4. The monoisotopic (exact) mass is 347 g/mol. The number of aromatic nitrogens is 2. The molecule has 1 aromatic carbocycles. The van der Waals surface area contributed by atoms with Crippen LogP contribution in [0.3, 0.4) is 0 Å². The molecule has 0 atom stereocenters. The molecule has 3 rings (SSSR count). The Hall–Kier alpha value is -2.51. The van der Waals surface area contributed by atoms with Gasteiger partial charge in [0.15, 0.2) is 10.8 Å². The van der Waals surface area contributed by atoms with Gasteiger partial charge >= 0.3 is 5.97 Å².